The number of ether oxygens (including phenoxy) is 1. The second-order valence-corrected chi connectivity index (χ2v) is 12.7. The number of carbonyl (C=O) groups excluding carboxylic acids is 1. The van der Waals surface area contributed by atoms with Gasteiger partial charge in [0.25, 0.3) is 11.7 Å². The maximum Gasteiger partial charge on any atom is 0.453 e. The largest absolute Gasteiger partial charge is 0.496 e. The lowest BCUT2D eigenvalue weighted by Crippen LogP contribution is -2.68. The molecule has 0 radical (unpaired) electrons. The predicted molar refractivity (Wildman–Crippen MR) is 182 cm³/mol. The molecule has 1 N–H and O–H groups in total. The van der Waals surface area contributed by atoms with Crippen LogP contribution in [0, 0.1) is 0 Å². The first-order chi connectivity index (χ1) is 22.4. The Morgan fingerprint density at radius 1 is 0.939 bits per heavy atom. The highest BCUT2D eigenvalue weighted by Gasteiger charge is 2.44. The fourth-order valence-electron chi connectivity index (χ4n) is 6.96. The number of fused-ring (bicyclic) bond motifs is 1. The van der Waals surface area contributed by atoms with Gasteiger partial charge in [-0.15, -0.1) is 29.9 Å². The molecule has 0 saturated carbocycles. The zero-order chi connectivity index (χ0) is 33.3. The van der Waals surface area contributed by atoms with Crippen LogP contribution in [0.1, 0.15) is 42.3 Å². The van der Waals surface area contributed by atoms with E-state index in [1.807, 2.05) is 36.4 Å². The number of alkyl halides is 3. The number of methoxy groups -OCH3 is 1. The topological polar surface area (TPSA) is 99.9 Å². The van der Waals surface area contributed by atoms with E-state index in [9.17, 15) is 23.1 Å². The van der Waals surface area contributed by atoms with Crippen LogP contribution in [0.5, 0.6) is 5.75 Å². The molecule has 2 aliphatic heterocycles. The Hall–Kier alpha value is -3.75. The number of benzene rings is 3. The van der Waals surface area contributed by atoms with Crippen molar-refractivity contribution in [3.63, 3.8) is 0 Å². The van der Waals surface area contributed by atoms with Crippen LogP contribution in [0.2, 0.25) is 0 Å². The van der Waals surface area contributed by atoms with Gasteiger partial charge in [-0.2, -0.15) is 17.9 Å². The molecule has 1 unspecified atom stereocenters. The summed E-state index contributed by atoms with van der Waals surface area (Å²) >= 11 is 0. The van der Waals surface area contributed by atoms with Crippen molar-refractivity contribution in [1.82, 2.24) is 34.9 Å². The molecular weight excluding hydrogens is 682 g/mol. The molecule has 264 valence electrons. The zero-order valence-electron chi connectivity index (χ0n) is 27.3. The SMILES string of the molecule is COc1ccc(-n2nnnc2C(F)(F)F)cc1CN1CC(C(c2ccccc2)c2ccccc2)N2CCN(C(=O)C(C)(C)O)C[C@H]2C1.Cl.Cl. The van der Waals surface area contributed by atoms with Crippen LogP contribution in [-0.4, -0.2) is 103 Å². The van der Waals surface area contributed by atoms with Gasteiger partial charge in [0.15, 0.2) is 0 Å². The molecule has 6 rings (SSSR count). The van der Waals surface area contributed by atoms with Gasteiger partial charge in [0, 0.05) is 62.8 Å². The minimum Gasteiger partial charge on any atom is -0.496 e. The Morgan fingerprint density at radius 3 is 2.14 bits per heavy atom. The fourth-order valence-corrected chi connectivity index (χ4v) is 6.96. The van der Waals surface area contributed by atoms with E-state index in [2.05, 4.69) is 49.6 Å². The lowest BCUT2D eigenvalue weighted by Gasteiger charge is -2.54. The quantitative estimate of drug-likeness (QED) is 0.276. The summed E-state index contributed by atoms with van der Waals surface area (Å²) in [6.07, 6.45) is -4.73. The van der Waals surface area contributed by atoms with Crippen LogP contribution in [-0.2, 0) is 17.5 Å². The Labute approximate surface area is 295 Å². The van der Waals surface area contributed by atoms with Crippen LogP contribution < -0.4 is 4.74 Å². The molecule has 4 aromatic rings. The molecule has 3 heterocycles. The normalized spacial score (nSPS) is 18.7. The number of amides is 1. The van der Waals surface area contributed by atoms with E-state index >= 15 is 0 Å². The third-order valence-electron chi connectivity index (χ3n) is 9.01. The van der Waals surface area contributed by atoms with E-state index in [1.165, 1.54) is 27.0 Å². The van der Waals surface area contributed by atoms with Gasteiger partial charge in [-0.25, -0.2) is 0 Å². The highest BCUT2D eigenvalue weighted by molar-refractivity contribution is 5.85. The summed E-state index contributed by atoms with van der Waals surface area (Å²) in [5.41, 5.74) is 1.68. The van der Waals surface area contributed by atoms with Crippen molar-refractivity contribution in [2.75, 3.05) is 39.8 Å². The van der Waals surface area contributed by atoms with Gasteiger partial charge >= 0.3 is 6.18 Å². The molecule has 1 aromatic heterocycles. The summed E-state index contributed by atoms with van der Waals surface area (Å²) < 4.78 is 47.3. The Morgan fingerprint density at radius 2 is 1.57 bits per heavy atom. The van der Waals surface area contributed by atoms with Gasteiger partial charge in [0.05, 0.1) is 12.8 Å². The van der Waals surface area contributed by atoms with Gasteiger partial charge in [0.1, 0.15) is 11.4 Å². The van der Waals surface area contributed by atoms with E-state index in [0.29, 0.717) is 55.3 Å². The molecule has 15 heteroatoms. The number of rotatable bonds is 8. The Kier molecular flexibility index (Phi) is 12.0. The van der Waals surface area contributed by atoms with E-state index in [0.717, 1.165) is 11.1 Å². The maximum atomic E-state index is 13.7. The van der Waals surface area contributed by atoms with Crippen LogP contribution in [0.4, 0.5) is 13.2 Å². The summed E-state index contributed by atoms with van der Waals surface area (Å²) in [7, 11) is 1.53. The number of halogens is 5. The number of nitrogens with zero attached hydrogens (tertiary/aromatic N) is 7. The highest BCUT2D eigenvalue weighted by Crippen LogP contribution is 2.37. The van der Waals surface area contributed by atoms with Gasteiger partial charge in [-0.3, -0.25) is 14.6 Å². The molecular formula is C34H40Cl2F3N7O3. The number of piperazine rings is 2. The molecule has 0 aliphatic carbocycles. The summed E-state index contributed by atoms with van der Waals surface area (Å²) in [5, 5.41) is 20.6. The van der Waals surface area contributed by atoms with E-state index in [1.54, 1.807) is 17.0 Å². The minimum absolute atomic E-state index is 0. The average Bonchev–Trinajstić information content (AvgIpc) is 3.56. The van der Waals surface area contributed by atoms with Crippen LogP contribution in [0.15, 0.2) is 78.9 Å². The average molecular weight is 723 g/mol. The van der Waals surface area contributed by atoms with Crippen molar-refractivity contribution in [2.24, 2.45) is 0 Å². The zero-order valence-corrected chi connectivity index (χ0v) is 29.0. The Bertz CT molecular complexity index is 1650. The summed E-state index contributed by atoms with van der Waals surface area (Å²) in [5.74, 6) is -0.998. The number of aliphatic hydroxyl groups is 1. The first-order valence-electron chi connectivity index (χ1n) is 15.6. The first-order valence-corrected chi connectivity index (χ1v) is 15.6. The molecule has 2 aliphatic rings. The van der Waals surface area contributed by atoms with Crippen molar-refractivity contribution < 1.29 is 27.8 Å². The molecule has 1 amide bonds. The number of tetrazole rings is 1. The standard InChI is InChI=1S/C34H38F3N7O3.2ClH/c1-33(2,46)32(45)42-16-17-43-27(21-42)20-41(22-28(43)30(23-10-6-4-7-11-23)24-12-8-5-9-13-24)19-25-18-26(14-15-29(25)47-3)44-31(34(35,36)37)38-39-40-44;;/h4-15,18,27-28,30,46H,16-17,19-22H2,1-3H3;2*1H/t27-,28?;;/m1../s1. The van der Waals surface area contributed by atoms with Gasteiger partial charge in [0.2, 0.25) is 0 Å². The third kappa shape index (κ3) is 8.18. The number of carbonyl (C=O) groups is 1. The van der Waals surface area contributed by atoms with Gasteiger partial charge in [-0.1, -0.05) is 60.7 Å². The highest BCUT2D eigenvalue weighted by atomic mass is 35.5. The summed E-state index contributed by atoms with van der Waals surface area (Å²) in [6, 6.07) is 25.4. The molecule has 2 fully saturated rings. The van der Waals surface area contributed by atoms with Crippen molar-refractivity contribution in [3.8, 4) is 11.4 Å². The van der Waals surface area contributed by atoms with Crippen LogP contribution in [0.25, 0.3) is 5.69 Å². The van der Waals surface area contributed by atoms with E-state index in [4.69, 9.17) is 4.74 Å². The molecule has 0 bridgehead atoms. The molecule has 49 heavy (non-hydrogen) atoms. The van der Waals surface area contributed by atoms with Crippen LogP contribution in [0.3, 0.4) is 0 Å². The van der Waals surface area contributed by atoms with Crippen molar-refractivity contribution in [1.29, 1.82) is 0 Å². The number of aromatic nitrogens is 4. The molecule has 2 saturated heterocycles. The second kappa shape index (κ2) is 15.4. The van der Waals surface area contributed by atoms with Crippen molar-refractivity contribution in [2.45, 2.75) is 50.2 Å². The molecule has 10 nitrogen and oxygen atoms in total. The number of hydrogen-bond acceptors (Lipinski definition) is 8. The fraction of sp³-hybridized carbons (Fsp3) is 0.412. The van der Waals surface area contributed by atoms with E-state index in [-0.39, 0.29) is 54.4 Å². The molecule has 0 spiro atoms. The summed E-state index contributed by atoms with van der Waals surface area (Å²) in [4.78, 5) is 19.7. The lowest BCUT2D eigenvalue weighted by atomic mass is 9.81. The Balaban J connectivity index is 0.00000270. The number of hydrogen-bond donors (Lipinski definition) is 1. The maximum absolute atomic E-state index is 13.7. The minimum atomic E-state index is -4.73. The van der Waals surface area contributed by atoms with Crippen molar-refractivity contribution >= 4 is 30.7 Å². The van der Waals surface area contributed by atoms with Gasteiger partial charge < -0.3 is 14.7 Å². The van der Waals surface area contributed by atoms with Crippen LogP contribution >= 0.6 is 24.8 Å². The monoisotopic (exact) mass is 721 g/mol. The van der Waals surface area contributed by atoms with E-state index < -0.39 is 17.6 Å². The smallest absolute Gasteiger partial charge is 0.453 e. The second-order valence-electron chi connectivity index (χ2n) is 12.7. The predicted octanol–water partition coefficient (Wildman–Crippen LogP) is 4.83. The lowest BCUT2D eigenvalue weighted by molar-refractivity contribution is -0.153. The summed E-state index contributed by atoms with van der Waals surface area (Å²) in [6.45, 7) is 6.19. The van der Waals surface area contributed by atoms with Gasteiger partial charge in [-0.05, 0) is 53.6 Å². The van der Waals surface area contributed by atoms with Crippen molar-refractivity contribution in [3.05, 3.63) is 101 Å². The third-order valence-corrected chi connectivity index (χ3v) is 9.01. The first kappa shape index (κ1) is 38.1. The molecule has 3 aromatic carbocycles. The molecule has 2 atom stereocenters.